The smallest absolute Gasteiger partial charge is 0.223 e. The van der Waals surface area contributed by atoms with Gasteiger partial charge in [-0.25, -0.2) is 0 Å². The van der Waals surface area contributed by atoms with Crippen LogP contribution in [-0.4, -0.2) is 53.3 Å². The molecule has 18 heavy (non-hydrogen) atoms. The van der Waals surface area contributed by atoms with Gasteiger partial charge in [0.25, 0.3) is 0 Å². The largest absolute Gasteiger partial charge is 0.389 e. The molecule has 0 radical (unpaired) electrons. The monoisotopic (exact) mass is 250 g/mol. The van der Waals surface area contributed by atoms with Crippen LogP contribution in [0.25, 0.3) is 0 Å². The van der Waals surface area contributed by atoms with Gasteiger partial charge in [0.15, 0.2) is 0 Å². The van der Waals surface area contributed by atoms with E-state index in [0.29, 0.717) is 39.1 Å². The predicted octanol–water partition coefficient (Wildman–Crippen LogP) is 0.234. The Labute approximate surface area is 106 Å². The molecular formula is C13H18N2O3. The highest BCUT2D eigenvalue weighted by Crippen LogP contribution is 2.06. The van der Waals surface area contributed by atoms with Gasteiger partial charge < -0.3 is 14.7 Å². The SMILES string of the molecule is O=C(CCc1cccnc1)N1CCOC[C@@H](O)C1. The number of amides is 1. The minimum absolute atomic E-state index is 0.0587. The average molecular weight is 250 g/mol. The van der Waals surface area contributed by atoms with E-state index in [4.69, 9.17) is 4.74 Å². The fourth-order valence-corrected chi connectivity index (χ4v) is 1.97. The summed E-state index contributed by atoms with van der Waals surface area (Å²) in [4.78, 5) is 17.7. The highest BCUT2D eigenvalue weighted by Gasteiger charge is 2.20. The Morgan fingerprint density at radius 2 is 2.50 bits per heavy atom. The van der Waals surface area contributed by atoms with E-state index in [1.54, 1.807) is 17.3 Å². The maximum Gasteiger partial charge on any atom is 0.223 e. The molecule has 0 bridgehead atoms. The van der Waals surface area contributed by atoms with E-state index in [-0.39, 0.29) is 5.91 Å². The number of carbonyl (C=O) groups is 1. The summed E-state index contributed by atoms with van der Waals surface area (Å²) in [5.41, 5.74) is 1.05. The molecule has 1 aromatic rings. The third kappa shape index (κ3) is 3.78. The van der Waals surface area contributed by atoms with E-state index >= 15 is 0 Å². The molecule has 1 atom stereocenters. The molecular weight excluding hydrogens is 232 g/mol. The fraction of sp³-hybridized carbons (Fsp3) is 0.538. The van der Waals surface area contributed by atoms with Gasteiger partial charge in [0.05, 0.1) is 19.3 Å². The summed E-state index contributed by atoms with van der Waals surface area (Å²) in [5, 5.41) is 9.56. The number of aryl methyl sites for hydroxylation is 1. The van der Waals surface area contributed by atoms with Gasteiger partial charge in [-0.3, -0.25) is 9.78 Å². The van der Waals surface area contributed by atoms with Crippen molar-refractivity contribution in [3.63, 3.8) is 0 Å². The van der Waals surface area contributed by atoms with Gasteiger partial charge in [-0.1, -0.05) is 6.07 Å². The molecule has 1 saturated heterocycles. The average Bonchev–Trinajstić information content (AvgIpc) is 2.62. The highest BCUT2D eigenvalue weighted by molar-refractivity contribution is 5.76. The summed E-state index contributed by atoms with van der Waals surface area (Å²) in [6, 6.07) is 3.82. The predicted molar refractivity (Wildman–Crippen MR) is 66.0 cm³/mol. The molecule has 0 aromatic carbocycles. The van der Waals surface area contributed by atoms with Crippen molar-refractivity contribution < 1.29 is 14.6 Å². The standard InChI is InChI=1S/C13H18N2O3/c16-12-9-15(6-7-18-10-12)13(17)4-3-11-2-1-5-14-8-11/h1-2,5,8,12,16H,3-4,6-7,9-10H2/t12-/m0/s1. The van der Waals surface area contributed by atoms with Gasteiger partial charge in [0.2, 0.25) is 5.91 Å². The number of β-amino-alcohol motifs (C(OH)–C–C–N with tert-alkyl or cyclic N) is 1. The van der Waals surface area contributed by atoms with E-state index in [9.17, 15) is 9.90 Å². The van der Waals surface area contributed by atoms with Gasteiger partial charge in [0, 0.05) is 31.9 Å². The molecule has 0 saturated carbocycles. The Balaban J connectivity index is 1.83. The third-order valence-electron chi connectivity index (χ3n) is 2.95. The molecule has 1 aromatic heterocycles. The van der Waals surface area contributed by atoms with Crippen molar-refractivity contribution in [2.75, 3.05) is 26.3 Å². The molecule has 1 fully saturated rings. The first kappa shape index (κ1) is 13.0. The Morgan fingerprint density at radius 1 is 1.61 bits per heavy atom. The van der Waals surface area contributed by atoms with Crippen LogP contribution < -0.4 is 0 Å². The zero-order chi connectivity index (χ0) is 12.8. The number of hydrogen-bond acceptors (Lipinski definition) is 4. The second-order valence-electron chi connectivity index (χ2n) is 4.43. The van der Waals surface area contributed by atoms with Crippen LogP contribution in [0.2, 0.25) is 0 Å². The van der Waals surface area contributed by atoms with Crippen LogP contribution in [-0.2, 0) is 16.0 Å². The van der Waals surface area contributed by atoms with Crippen LogP contribution in [0, 0.1) is 0 Å². The summed E-state index contributed by atoms with van der Waals surface area (Å²) < 4.78 is 5.20. The van der Waals surface area contributed by atoms with E-state index in [1.165, 1.54) is 0 Å². The molecule has 2 heterocycles. The number of ether oxygens (including phenoxy) is 1. The van der Waals surface area contributed by atoms with Gasteiger partial charge in [-0.2, -0.15) is 0 Å². The van der Waals surface area contributed by atoms with Crippen LogP contribution >= 0.6 is 0 Å². The summed E-state index contributed by atoms with van der Waals surface area (Å²) in [5.74, 6) is 0.0587. The fourth-order valence-electron chi connectivity index (χ4n) is 1.97. The topological polar surface area (TPSA) is 62.7 Å². The van der Waals surface area contributed by atoms with E-state index < -0.39 is 6.10 Å². The lowest BCUT2D eigenvalue weighted by atomic mass is 10.1. The summed E-state index contributed by atoms with van der Waals surface area (Å²) in [6.45, 7) is 1.73. The third-order valence-corrected chi connectivity index (χ3v) is 2.95. The number of aliphatic hydroxyl groups is 1. The van der Waals surface area contributed by atoms with Crippen molar-refractivity contribution in [2.45, 2.75) is 18.9 Å². The number of pyridine rings is 1. The Bertz CT molecular complexity index is 383. The molecule has 0 unspecified atom stereocenters. The summed E-state index contributed by atoms with van der Waals surface area (Å²) >= 11 is 0. The Morgan fingerprint density at radius 3 is 3.28 bits per heavy atom. The minimum atomic E-state index is -0.574. The minimum Gasteiger partial charge on any atom is -0.389 e. The molecule has 1 aliphatic heterocycles. The maximum atomic E-state index is 12.0. The van der Waals surface area contributed by atoms with Crippen molar-refractivity contribution in [3.8, 4) is 0 Å². The highest BCUT2D eigenvalue weighted by atomic mass is 16.5. The number of carbonyl (C=O) groups excluding carboxylic acids is 1. The van der Waals surface area contributed by atoms with Crippen LogP contribution in [0.5, 0.6) is 0 Å². The summed E-state index contributed by atoms with van der Waals surface area (Å²) in [6.07, 6.45) is 4.04. The molecule has 98 valence electrons. The lowest BCUT2D eigenvalue weighted by Gasteiger charge is -2.21. The van der Waals surface area contributed by atoms with Crippen LogP contribution in [0.1, 0.15) is 12.0 Å². The van der Waals surface area contributed by atoms with Crippen molar-refractivity contribution in [1.82, 2.24) is 9.88 Å². The number of nitrogens with zero attached hydrogens (tertiary/aromatic N) is 2. The normalized spacial score (nSPS) is 20.5. The number of aliphatic hydroxyl groups excluding tert-OH is 1. The second kappa shape index (κ2) is 6.47. The number of rotatable bonds is 3. The molecule has 1 aliphatic rings. The van der Waals surface area contributed by atoms with E-state index in [1.807, 2.05) is 12.1 Å². The Kier molecular flexibility index (Phi) is 4.66. The second-order valence-corrected chi connectivity index (χ2v) is 4.43. The van der Waals surface area contributed by atoms with Crippen LogP contribution in [0.3, 0.4) is 0 Å². The zero-order valence-corrected chi connectivity index (χ0v) is 10.3. The first-order valence-corrected chi connectivity index (χ1v) is 6.18. The van der Waals surface area contributed by atoms with Gasteiger partial charge in [0.1, 0.15) is 0 Å². The van der Waals surface area contributed by atoms with E-state index in [2.05, 4.69) is 4.98 Å². The first-order chi connectivity index (χ1) is 8.75. The molecule has 5 heteroatoms. The summed E-state index contributed by atoms with van der Waals surface area (Å²) in [7, 11) is 0. The molecule has 2 rings (SSSR count). The van der Waals surface area contributed by atoms with Gasteiger partial charge in [-0.05, 0) is 18.1 Å². The lowest BCUT2D eigenvalue weighted by molar-refractivity contribution is -0.132. The van der Waals surface area contributed by atoms with Crippen LogP contribution in [0.4, 0.5) is 0 Å². The lowest BCUT2D eigenvalue weighted by Crippen LogP contribution is -2.37. The maximum absolute atomic E-state index is 12.0. The van der Waals surface area contributed by atoms with Crippen molar-refractivity contribution in [3.05, 3.63) is 30.1 Å². The molecule has 0 aliphatic carbocycles. The van der Waals surface area contributed by atoms with Crippen LogP contribution in [0.15, 0.2) is 24.5 Å². The molecule has 1 amide bonds. The molecule has 5 nitrogen and oxygen atoms in total. The first-order valence-electron chi connectivity index (χ1n) is 6.18. The number of hydrogen-bond donors (Lipinski definition) is 1. The van der Waals surface area contributed by atoms with Crippen molar-refractivity contribution >= 4 is 5.91 Å². The Hall–Kier alpha value is -1.46. The van der Waals surface area contributed by atoms with Crippen molar-refractivity contribution in [1.29, 1.82) is 0 Å². The zero-order valence-electron chi connectivity index (χ0n) is 10.3. The van der Waals surface area contributed by atoms with Crippen molar-refractivity contribution in [2.24, 2.45) is 0 Å². The van der Waals surface area contributed by atoms with Gasteiger partial charge >= 0.3 is 0 Å². The molecule has 1 N–H and O–H groups in total. The number of aromatic nitrogens is 1. The quantitative estimate of drug-likeness (QED) is 0.834. The van der Waals surface area contributed by atoms with Gasteiger partial charge in [-0.15, -0.1) is 0 Å². The van der Waals surface area contributed by atoms with E-state index in [0.717, 1.165) is 5.56 Å². The molecule has 0 spiro atoms.